The average Bonchev–Trinajstić information content (AvgIpc) is 3.45. The molecule has 0 aromatic carbocycles. The molecule has 0 saturated heterocycles. The number of carbonyl (C=O) groups is 2. The Balaban J connectivity index is 3.29. The minimum atomic E-state index is -0.660. The Kier molecular flexibility index (Phi) is 68.4. The first-order valence-electron chi connectivity index (χ1n) is 36.8. The highest BCUT2D eigenvalue weighted by atomic mass is 16.5. The molecule has 6 nitrogen and oxygen atoms in total. The molecule has 0 fully saturated rings. The maximum Gasteiger partial charge on any atom is 0.305 e. The molecule has 0 radical (unpaired) electrons. The van der Waals surface area contributed by atoms with Crippen molar-refractivity contribution in [1.29, 1.82) is 0 Å². The lowest BCUT2D eigenvalue weighted by Gasteiger charge is -2.22. The molecule has 3 N–H and O–H groups in total. The van der Waals surface area contributed by atoms with Gasteiger partial charge in [-0.1, -0.05) is 393 Å². The molecule has 0 saturated carbocycles. The molecule has 0 aliphatic heterocycles. The second-order valence-corrected chi connectivity index (χ2v) is 25.6. The Morgan fingerprint density at radius 2 is 0.519 bits per heavy atom. The predicted octanol–water partition coefficient (Wildman–Crippen LogP) is 23.8. The summed E-state index contributed by atoms with van der Waals surface area (Å²) in [5, 5.41) is 23.3. The second-order valence-electron chi connectivity index (χ2n) is 25.6. The van der Waals surface area contributed by atoms with E-state index in [2.05, 4.69) is 19.2 Å². The van der Waals surface area contributed by atoms with Crippen molar-refractivity contribution < 1.29 is 24.5 Å². The molecular weight excluding hydrogens is 971 g/mol. The van der Waals surface area contributed by atoms with E-state index in [4.69, 9.17) is 4.74 Å². The van der Waals surface area contributed by atoms with Crippen molar-refractivity contribution in [3.8, 4) is 0 Å². The fourth-order valence-corrected chi connectivity index (χ4v) is 12.1. The van der Waals surface area contributed by atoms with Crippen molar-refractivity contribution in [3.05, 3.63) is 0 Å². The van der Waals surface area contributed by atoms with Crippen molar-refractivity contribution in [2.75, 3.05) is 13.2 Å². The molecule has 2 atom stereocenters. The zero-order valence-electron chi connectivity index (χ0n) is 54.2. The van der Waals surface area contributed by atoms with Gasteiger partial charge in [-0.3, -0.25) is 9.59 Å². The summed E-state index contributed by atoms with van der Waals surface area (Å²) in [7, 11) is 0. The number of hydrogen-bond acceptors (Lipinski definition) is 5. The van der Waals surface area contributed by atoms with Crippen LogP contribution in [0.25, 0.3) is 0 Å². The Hall–Kier alpha value is -1.14. The molecule has 79 heavy (non-hydrogen) atoms. The van der Waals surface area contributed by atoms with Crippen LogP contribution >= 0.6 is 0 Å². The van der Waals surface area contributed by atoms with E-state index in [1.165, 1.54) is 360 Å². The van der Waals surface area contributed by atoms with Crippen LogP contribution in [-0.4, -0.2) is 47.4 Å². The summed E-state index contributed by atoms with van der Waals surface area (Å²) < 4.78 is 5.51. The van der Waals surface area contributed by atoms with Crippen LogP contribution in [0.15, 0.2) is 0 Å². The number of aliphatic hydroxyl groups is 2. The normalized spacial score (nSPS) is 12.4. The van der Waals surface area contributed by atoms with E-state index in [0.29, 0.717) is 25.9 Å². The fraction of sp³-hybridized carbons (Fsp3) is 0.973. The maximum absolute atomic E-state index is 12.5. The highest BCUT2D eigenvalue weighted by molar-refractivity contribution is 5.76. The van der Waals surface area contributed by atoms with E-state index >= 15 is 0 Å². The third kappa shape index (κ3) is 65.9. The summed E-state index contributed by atoms with van der Waals surface area (Å²) in [6.45, 7) is 5.01. The SMILES string of the molecule is CCCCCCCCCCCCCCCCCCCC(=O)OCCCCCCCCCCCCCCCCCCCCCCCCCCCCCCCCCC(=O)NC(CO)C(O)CCCCCCCCCCCCCCCC. The standard InChI is InChI=1S/C73H145NO5/c1-3-5-7-9-11-13-15-17-19-35-39-43-47-51-55-59-63-67-73(78)79-68-64-60-56-52-48-44-40-37-34-32-30-28-26-24-22-20-21-23-25-27-29-31-33-36-38-42-46-50-54-58-62-66-72(77)74-70(69-75)71(76)65-61-57-53-49-45-41-18-16-14-12-10-8-6-4-2/h70-71,75-76H,3-69H2,1-2H3,(H,74,77). The van der Waals surface area contributed by atoms with Gasteiger partial charge in [0, 0.05) is 12.8 Å². The predicted molar refractivity (Wildman–Crippen MR) is 347 cm³/mol. The lowest BCUT2D eigenvalue weighted by atomic mass is 10.0. The van der Waals surface area contributed by atoms with Gasteiger partial charge < -0.3 is 20.3 Å². The van der Waals surface area contributed by atoms with Crippen molar-refractivity contribution in [1.82, 2.24) is 5.32 Å². The first-order valence-corrected chi connectivity index (χ1v) is 36.8. The highest BCUT2D eigenvalue weighted by Crippen LogP contribution is 2.20. The minimum absolute atomic E-state index is 0.0259. The van der Waals surface area contributed by atoms with Gasteiger partial charge in [-0.15, -0.1) is 0 Å². The minimum Gasteiger partial charge on any atom is -0.466 e. The Bertz CT molecular complexity index is 1150. The summed E-state index contributed by atoms with van der Waals surface area (Å²) in [5.74, 6) is -0.00128. The van der Waals surface area contributed by atoms with Gasteiger partial charge >= 0.3 is 5.97 Å². The number of aliphatic hydroxyl groups excluding tert-OH is 2. The Labute approximate surface area is 496 Å². The highest BCUT2D eigenvalue weighted by Gasteiger charge is 2.20. The van der Waals surface area contributed by atoms with Gasteiger partial charge in [-0.05, 0) is 25.7 Å². The molecule has 0 aliphatic carbocycles. The van der Waals surface area contributed by atoms with E-state index in [0.717, 1.165) is 38.5 Å². The number of rotatable bonds is 70. The largest absolute Gasteiger partial charge is 0.466 e. The van der Waals surface area contributed by atoms with Gasteiger partial charge in [0.25, 0.3) is 0 Å². The van der Waals surface area contributed by atoms with Gasteiger partial charge in [0.1, 0.15) is 0 Å². The summed E-state index contributed by atoms with van der Waals surface area (Å²) in [5.41, 5.74) is 0. The van der Waals surface area contributed by atoms with E-state index < -0.39 is 12.1 Å². The maximum atomic E-state index is 12.5. The van der Waals surface area contributed by atoms with Crippen LogP contribution in [-0.2, 0) is 14.3 Å². The monoisotopic (exact) mass is 1120 g/mol. The molecule has 0 spiro atoms. The zero-order valence-corrected chi connectivity index (χ0v) is 54.2. The molecule has 0 aromatic rings. The number of esters is 1. The van der Waals surface area contributed by atoms with Crippen molar-refractivity contribution in [3.63, 3.8) is 0 Å². The Morgan fingerprint density at radius 1 is 0.304 bits per heavy atom. The molecule has 2 unspecified atom stereocenters. The van der Waals surface area contributed by atoms with E-state index in [1.54, 1.807) is 0 Å². The smallest absolute Gasteiger partial charge is 0.305 e. The second kappa shape index (κ2) is 69.4. The number of unbranched alkanes of at least 4 members (excludes halogenated alkanes) is 59. The topological polar surface area (TPSA) is 95.9 Å². The van der Waals surface area contributed by atoms with Crippen molar-refractivity contribution in [2.24, 2.45) is 0 Å². The fourth-order valence-electron chi connectivity index (χ4n) is 12.1. The molecule has 0 heterocycles. The number of hydrogen-bond donors (Lipinski definition) is 3. The quantitative estimate of drug-likeness (QED) is 0.0417. The van der Waals surface area contributed by atoms with Gasteiger partial charge in [0.15, 0.2) is 0 Å². The van der Waals surface area contributed by atoms with Gasteiger partial charge in [0.05, 0.1) is 25.4 Å². The summed E-state index contributed by atoms with van der Waals surface area (Å²) in [6, 6.07) is -0.536. The lowest BCUT2D eigenvalue weighted by molar-refractivity contribution is -0.143. The number of ether oxygens (including phenoxy) is 1. The lowest BCUT2D eigenvalue weighted by Crippen LogP contribution is -2.45. The molecule has 472 valence electrons. The van der Waals surface area contributed by atoms with Crippen LogP contribution in [0.1, 0.15) is 431 Å². The van der Waals surface area contributed by atoms with Crippen LogP contribution in [0, 0.1) is 0 Å². The van der Waals surface area contributed by atoms with Crippen molar-refractivity contribution in [2.45, 2.75) is 443 Å². The number of carbonyl (C=O) groups excluding carboxylic acids is 2. The molecule has 0 rings (SSSR count). The number of nitrogens with one attached hydrogen (secondary N) is 1. The van der Waals surface area contributed by atoms with Crippen LogP contribution in [0.3, 0.4) is 0 Å². The molecule has 0 aliphatic rings. The third-order valence-electron chi connectivity index (χ3n) is 17.7. The molecule has 6 heteroatoms. The van der Waals surface area contributed by atoms with E-state index in [1.807, 2.05) is 0 Å². The molecule has 1 amide bonds. The Morgan fingerprint density at radius 3 is 0.772 bits per heavy atom. The van der Waals surface area contributed by atoms with Gasteiger partial charge in [-0.25, -0.2) is 0 Å². The van der Waals surface area contributed by atoms with Crippen LogP contribution in [0.4, 0.5) is 0 Å². The summed E-state index contributed by atoms with van der Waals surface area (Å²) >= 11 is 0. The van der Waals surface area contributed by atoms with Gasteiger partial charge in [-0.2, -0.15) is 0 Å². The number of amides is 1. The van der Waals surface area contributed by atoms with Crippen molar-refractivity contribution >= 4 is 11.9 Å². The summed E-state index contributed by atoms with van der Waals surface area (Å²) in [6.07, 6.45) is 84.6. The first kappa shape index (κ1) is 77.9. The molecule has 0 aromatic heterocycles. The van der Waals surface area contributed by atoms with Crippen LogP contribution in [0.5, 0.6) is 0 Å². The van der Waals surface area contributed by atoms with Crippen LogP contribution < -0.4 is 5.32 Å². The zero-order chi connectivity index (χ0) is 57.1. The third-order valence-corrected chi connectivity index (χ3v) is 17.7. The molecular formula is C73H145NO5. The first-order chi connectivity index (χ1) is 39.0. The molecule has 0 bridgehead atoms. The van der Waals surface area contributed by atoms with E-state index in [-0.39, 0.29) is 18.5 Å². The van der Waals surface area contributed by atoms with Crippen LogP contribution in [0.2, 0.25) is 0 Å². The van der Waals surface area contributed by atoms with Gasteiger partial charge in [0.2, 0.25) is 5.91 Å². The average molecular weight is 1120 g/mol. The summed E-state index contributed by atoms with van der Waals surface area (Å²) in [4.78, 5) is 24.6. The van der Waals surface area contributed by atoms with E-state index in [9.17, 15) is 19.8 Å².